The number of piperazine rings is 1. The highest BCUT2D eigenvalue weighted by molar-refractivity contribution is 6.30. The molecule has 9 heteroatoms. The molecule has 0 atom stereocenters. The zero-order valence-electron chi connectivity index (χ0n) is 16.1. The highest BCUT2D eigenvalue weighted by Gasteiger charge is 2.19. The summed E-state index contributed by atoms with van der Waals surface area (Å²) in [6.45, 7) is 3.27. The number of fused-ring (bicyclic) bond motifs is 1. The molecule has 0 aliphatic carbocycles. The zero-order valence-corrected chi connectivity index (χ0v) is 16.9. The molecule has 29 heavy (non-hydrogen) atoms. The first-order chi connectivity index (χ1) is 14.1. The molecule has 7 nitrogen and oxygen atoms in total. The molecule has 0 saturated carbocycles. The predicted octanol–water partition coefficient (Wildman–Crippen LogP) is 3.59. The third kappa shape index (κ3) is 3.99. The third-order valence-corrected chi connectivity index (χ3v) is 5.01. The standard InChI is InChI=1S/C20H21ClFN5O2/c1-28-17-10-13-16(11-18(17)29-2)25-20(27-7-5-23-6-8-27)26-19(13)24-15-4-3-12(21)9-14(15)22/h3-4,9-11,23H,5-8H2,1-2H3,(H,24,25,26). The van der Waals surface area contributed by atoms with Crippen LogP contribution in [-0.2, 0) is 0 Å². The van der Waals surface area contributed by atoms with Gasteiger partial charge in [-0.15, -0.1) is 0 Å². The molecule has 152 valence electrons. The lowest BCUT2D eigenvalue weighted by atomic mass is 10.2. The average molecular weight is 418 g/mol. The summed E-state index contributed by atoms with van der Waals surface area (Å²) < 4.78 is 25.2. The average Bonchev–Trinajstić information content (AvgIpc) is 2.75. The van der Waals surface area contributed by atoms with Gasteiger partial charge in [-0.2, -0.15) is 4.98 Å². The highest BCUT2D eigenvalue weighted by Crippen LogP contribution is 2.36. The van der Waals surface area contributed by atoms with Gasteiger partial charge < -0.3 is 25.0 Å². The molecule has 0 radical (unpaired) electrons. The van der Waals surface area contributed by atoms with E-state index < -0.39 is 5.82 Å². The lowest BCUT2D eigenvalue weighted by Crippen LogP contribution is -2.44. The molecule has 3 aromatic rings. The molecule has 1 aliphatic heterocycles. The number of halogens is 2. The quantitative estimate of drug-likeness (QED) is 0.657. The molecule has 0 bridgehead atoms. The van der Waals surface area contributed by atoms with E-state index in [0.717, 1.165) is 26.2 Å². The van der Waals surface area contributed by atoms with Crippen LogP contribution in [0, 0.1) is 5.82 Å². The number of rotatable bonds is 5. The lowest BCUT2D eigenvalue weighted by Gasteiger charge is -2.28. The van der Waals surface area contributed by atoms with Gasteiger partial charge in [-0.3, -0.25) is 0 Å². The monoisotopic (exact) mass is 417 g/mol. The first-order valence-electron chi connectivity index (χ1n) is 9.20. The van der Waals surface area contributed by atoms with Crippen LogP contribution in [0.25, 0.3) is 10.9 Å². The number of hydrogen-bond acceptors (Lipinski definition) is 7. The van der Waals surface area contributed by atoms with Crippen molar-refractivity contribution in [3.63, 3.8) is 0 Å². The van der Waals surface area contributed by atoms with Gasteiger partial charge in [0.15, 0.2) is 11.5 Å². The molecule has 2 aromatic carbocycles. The largest absolute Gasteiger partial charge is 0.493 e. The Labute approximate surface area is 172 Å². The van der Waals surface area contributed by atoms with Crippen molar-refractivity contribution in [2.24, 2.45) is 0 Å². The number of benzene rings is 2. The van der Waals surface area contributed by atoms with Crippen LogP contribution in [0.5, 0.6) is 11.5 Å². The van der Waals surface area contributed by atoms with Crippen molar-refractivity contribution in [1.82, 2.24) is 15.3 Å². The lowest BCUT2D eigenvalue weighted by molar-refractivity contribution is 0.356. The third-order valence-electron chi connectivity index (χ3n) is 4.77. The van der Waals surface area contributed by atoms with E-state index >= 15 is 0 Å². The number of nitrogens with one attached hydrogen (secondary N) is 2. The summed E-state index contributed by atoms with van der Waals surface area (Å²) in [7, 11) is 3.13. The Bertz CT molecular complexity index is 1040. The van der Waals surface area contributed by atoms with Crippen LogP contribution in [-0.4, -0.2) is 50.4 Å². The van der Waals surface area contributed by atoms with Crippen molar-refractivity contribution in [3.8, 4) is 11.5 Å². The van der Waals surface area contributed by atoms with Crippen molar-refractivity contribution in [3.05, 3.63) is 41.2 Å². The second-order valence-corrected chi connectivity index (χ2v) is 7.02. The van der Waals surface area contributed by atoms with E-state index in [4.69, 9.17) is 31.0 Å². The van der Waals surface area contributed by atoms with Crippen molar-refractivity contribution in [2.75, 3.05) is 50.6 Å². The number of hydrogen-bond donors (Lipinski definition) is 2. The van der Waals surface area contributed by atoms with Crippen LogP contribution < -0.4 is 25.0 Å². The van der Waals surface area contributed by atoms with E-state index in [1.54, 1.807) is 38.5 Å². The van der Waals surface area contributed by atoms with E-state index in [1.165, 1.54) is 6.07 Å². The van der Waals surface area contributed by atoms with Gasteiger partial charge >= 0.3 is 0 Å². The Balaban J connectivity index is 1.86. The van der Waals surface area contributed by atoms with Gasteiger partial charge in [0, 0.05) is 42.7 Å². The Kier molecular flexibility index (Phi) is 5.55. The van der Waals surface area contributed by atoms with Crippen LogP contribution in [0.3, 0.4) is 0 Å². The van der Waals surface area contributed by atoms with E-state index in [-0.39, 0.29) is 5.69 Å². The van der Waals surface area contributed by atoms with E-state index in [9.17, 15) is 4.39 Å². The molecule has 1 aromatic heterocycles. The van der Waals surface area contributed by atoms with Gasteiger partial charge in [0.05, 0.1) is 25.4 Å². The first kappa shape index (κ1) is 19.5. The SMILES string of the molecule is COc1cc2nc(N3CCNCC3)nc(Nc3ccc(Cl)cc3F)c2cc1OC. The van der Waals surface area contributed by atoms with E-state index in [1.807, 2.05) is 0 Å². The Morgan fingerprint density at radius 3 is 2.48 bits per heavy atom. The first-order valence-corrected chi connectivity index (χ1v) is 9.58. The number of ether oxygens (including phenoxy) is 2. The normalized spacial score (nSPS) is 14.1. The minimum atomic E-state index is -0.464. The molecule has 1 aliphatic rings. The molecule has 4 rings (SSSR count). The summed E-state index contributed by atoms with van der Waals surface area (Å²) in [4.78, 5) is 11.5. The second kappa shape index (κ2) is 8.26. The summed E-state index contributed by atoms with van der Waals surface area (Å²) >= 11 is 5.88. The van der Waals surface area contributed by atoms with Crippen LogP contribution >= 0.6 is 11.6 Å². The Morgan fingerprint density at radius 1 is 1.07 bits per heavy atom. The molecule has 0 amide bonds. The van der Waals surface area contributed by atoms with Crippen molar-refractivity contribution in [2.45, 2.75) is 0 Å². The number of nitrogens with zero attached hydrogens (tertiary/aromatic N) is 3. The Morgan fingerprint density at radius 2 is 1.79 bits per heavy atom. The molecule has 1 fully saturated rings. The fourth-order valence-electron chi connectivity index (χ4n) is 3.26. The number of aromatic nitrogens is 2. The van der Waals surface area contributed by atoms with Crippen LogP contribution in [0.15, 0.2) is 30.3 Å². The molecule has 0 unspecified atom stereocenters. The second-order valence-electron chi connectivity index (χ2n) is 6.58. The maximum atomic E-state index is 14.4. The highest BCUT2D eigenvalue weighted by atomic mass is 35.5. The van der Waals surface area contributed by atoms with Gasteiger partial charge in [0.25, 0.3) is 0 Å². The van der Waals surface area contributed by atoms with Crippen LogP contribution in [0.4, 0.5) is 21.8 Å². The maximum Gasteiger partial charge on any atom is 0.227 e. The van der Waals surface area contributed by atoms with Gasteiger partial charge in [-0.1, -0.05) is 11.6 Å². The molecule has 2 heterocycles. The topological polar surface area (TPSA) is 71.5 Å². The smallest absolute Gasteiger partial charge is 0.227 e. The summed E-state index contributed by atoms with van der Waals surface area (Å²) in [5, 5.41) is 7.42. The predicted molar refractivity (Wildman–Crippen MR) is 112 cm³/mol. The van der Waals surface area contributed by atoms with Crippen molar-refractivity contribution < 1.29 is 13.9 Å². The van der Waals surface area contributed by atoms with Gasteiger partial charge in [-0.05, 0) is 24.3 Å². The Hall–Kier alpha value is -2.84. The van der Waals surface area contributed by atoms with Crippen molar-refractivity contribution in [1.29, 1.82) is 0 Å². The van der Waals surface area contributed by atoms with Gasteiger partial charge in [0.2, 0.25) is 5.95 Å². The molecular weight excluding hydrogens is 397 g/mol. The van der Waals surface area contributed by atoms with Gasteiger partial charge in [0.1, 0.15) is 11.6 Å². The molecule has 0 spiro atoms. The molecule has 2 N–H and O–H groups in total. The van der Waals surface area contributed by atoms with Crippen LogP contribution in [0.1, 0.15) is 0 Å². The van der Waals surface area contributed by atoms with E-state index in [2.05, 4.69) is 15.5 Å². The summed E-state index contributed by atoms with van der Waals surface area (Å²) in [5.74, 6) is 1.69. The number of methoxy groups -OCH3 is 2. The van der Waals surface area contributed by atoms with Crippen LogP contribution in [0.2, 0.25) is 5.02 Å². The molecule has 1 saturated heterocycles. The summed E-state index contributed by atoms with van der Waals surface area (Å²) in [6.07, 6.45) is 0. The number of anilines is 3. The zero-order chi connectivity index (χ0) is 20.4. The van der Waals surface area contributed by atoms with Crippen molar-refractivity contribution >= 4 is 40.0 Å². The van der Waals surface area contributed by atoms with Gasteiger partial charge in [-0.25, -0.2) is 9.37 Å². The maximum absolute atomic E-state index is 14.4. The summed E-state index contributed by atoms with van der Waals surface area (Å²) in [6, 6.07) is 8.04. The fraction of sp³-hybridized carbons (Fsp3) is 0.300. The minimum Gasteiger partial charge on any atom is -0.493 e. The minimum absolute atomic E-state index is 0.274. The molecular formula is C20H21ClFN5O2. The van der Waals surface area contributed by atoms with E-state index in [0.29, 0.717) is 39.2 Å². The summed E-state index contributed by atoms with van der Waals surface area (Å²) in [5.41, 5.74) is 0.943. The fourth-order valence-corrected chi connectivity index (χ4v) is 3.42.